The van der Waals surface area contributed by atoms with Gasteiger partial charge in [0.25, 0.3) is 5.91 Å². The van der Waals surface area contributed by atoms with Gasteiger partial charge in [0.1, 0.15) is 5.69 Å². The van der Waals surface area contributed by atoms with Crippen molar-refractivity contribution in [2.24, 2.45) is 0 Å². The number of aryl methyl sites for hydroxylation is 2. The number of hydrogen-bond acceptors (Lipinski definition) is 3. The molecule has 0 saturated carbocycles. The number of nitrogens with zero attached hydrogens (tertiary/aromatic N) is 2. The number of para-hydroxylation sites is 2. The summed E-state index contributed by atoms with van der Waals surface area (Å²) in [6, 6.07) is 7.65. The predicted octanol–water partition coefficient (Wildman–Crippen LogP) is 2.52. The molecule has 0 aliphatic carbocycles. The maximum absolute atomic E-state index is 12.2. The number of rotatable bonds is 1. The van der Waals surface area contributed by atoms with Crippen molar-refractivity contribution in [2.45, 2.75) is 20.4 Å². The zero-order valence-electron chi connectivity index (χ0n) is 10.3. The van der Waals surface area contributed by atoms with Crippen LogP contribution in [0.25, 0.3) is 0 Å². The summed E-state index contributed by atoms with van der Waals surface area (Å²) in [5, 5.41) is 10.6. The first-order valence-corrected chi connectivity index (χ1v) is 5.95. The molecule has 1 aromatic heterocycles. The molecular formula is C13H14N4O. The highest BCUT2D eigenvalue weighted by Gasteiger charge is 2.25. The second kappa shape index (κ2) is 3.87. The fraction of sp³-hybridized carbons (Fsp3) is 0.231. The van der Waals surface area contributed by atoms with Gasteiger partial charge in [0, 0.05) is 6.54 Å². The number of benzene rings is 1. The van der Waals surface area contributed by atoms with Crippen molar-refractivity contribution in [2.75, 3.05) is 10.6 Å². The Morgan fingerprint density at radius 3 is 2.56 bits per heavy atom. The van der Waals surface area contributed by atoms with E-state index >= 15 is 0 Å². The lowest BCUT2D eigenvalue weighted by Gasteiger charge is -2.07. The molecule has 2 heterocycles. The van der Waals surface area contributed by atoms with Gasteiger partial charge >= 0.3 is 0 Å². The van der Waals surface area contributed by atoms with Gasteiger partial charge in [0.05, 0.1) is 22.8 Å². The molecular weight excluding hydrogens is 228 g/mol. The quantitative estimate of drug-likeness (QED) is 0.807. The Labute approximate surface area is 105 Å². The summed E-state index contributed by atoms with van der Waals surface area (Å²) in [4.78, 5) is 12.2. The van der Waals surface area contributed by atoms with Crippen LogP contribution >= 0.6 is 0 Å². The first-order valence-electron chi connectivity index (χ1n) is 5.95. The van der Waals surface area contributed by atoms with E-state index in [1.54, 1.807) is 4.68 Å². The second-order valence-corrected chi connectivity index (χ2v) is 4.25. The van der Waals surface area contributed by atoms with E-state index in [1.807, 2.05) is 38.1 Å². The normalized spacial score (nSPS) is 13.1. The van der Waals surface area contributed by atoms with Gasteiger partial charge in [0.2, 0.25) is 0 Å². The third-order valence-corrected chi connectivity index (χ3v) is 3.08. The van der Waals surface area contributed by atoms with E-state index in [2.05, 4.69) is 15.7 Å². The number of nitrogens with one attached hydrogen (secondary N) is 2. The minimum Gasteiger partial charge on any atom is -0.350 e. The Morgan fingerprint density at radius 2 is 1.89 bits per heavy atom. The first kappa shape index (κ1) is 10.8. The molecule has 2 N–H and O–H groups in total. The Kier molecular flexibility index (Phi) is 2.33. The van der Waals surface area contributed by atoms with Crippen molar-refractivity contribution in [3.63, 3.8) is 0 Å². The highest BCUT2D eigenvalue weighted by Crippen LogP contribution is 2.33. The van der Waals surface area contributed by atoms with Crippen LogP contribution in [0.3, 0.4) is 0 Å². The molecule has 1 aromatic carbocycles. The highest BCUT2D eigenvalue weighted by atomic mass is 16.2. The molecule has 2 aromatic rings. The van der Waals surface area contributed by atoms with Crippen LogP contribution in [0.1, 0.15) is 23.1 Å². The SMILES string of the molecule is CCn1nc(C)c2c1C(=O)Nc1ccccc1N2. The van der Waals surface area contributed by atoms with Crippen molar-refractivity contribution in [3.05, 3.63) is 35.7 Å². The molecule has 92 valence electrons. The summed E-state index contributed by atoms with van der Waals surface area (Å²) in [5.41, 5.74) is 3.90. The lowest BCUT2D eigenvalue weighted by atomic mass is 10.2. The molecule has 0 atom stereocenters. The molecule has 1 aliphatic rings. The van der Waals surface area contributed by atoms with Crippen molar-refractivity contribution in [1.82, 2.24) is 9.78 Å². The van der Waals surface area contributed by atoms with Gasteiger partial charge < -0.3 is 10.6 Å². The lowest BCUT2D eigenvalue weighted by Crippen LogP contribution is -2.16. The van der Waals surface area contributed by atoms with E-state index in [1.165, 1.54) is 0 Å². The number of fused-ring (bicyclic) bond motifs is 2. The molecule has 0 radical (unpaired) electrons. The summed E-state index contributed by atoms with van der Waals surface area (Å²) in [6.07, 6.45) is 0. The summed E-state index contributed by atoms with van der Waals surface area (Å²) in [7, 11) is 0. The molecule has 3 rings (SSSR count). The molecule has 1 amide bonds. The number of aromatic nitrogens is 2. The van der Waals surface area contributed by atoms with Crippen LogP contribution in [0.4, 0.5) is 17.1 Å². The second-order valence-electron chi connectivity index (χ2n) is 4.25. The van der Waals surface area contributed by atoms with Crippen LogP contribution in [0, 0.1) is 6.92 Å². The largest absolute Gasteiger partial charge is 0.350 e. The van der Waals surface area contributed by atoms with Gasteiger partial charge in [-0.15, -0.1) is 0 Å². The van der Waals surface area contributed by atoms with Crippen LogP contribution in [-0.2, 0) is 6.54 Å². The predicted molar refractivity (Wildman–Crippen MR) is 70.3 cm³/mol. The van der Waals surface area contributed by atoms with Gasteiger partial charge in [-0.2, -0.15) is 5.10 Å². The van der Waals surface area contributed by atoms with Gasteiger partial charge in [0.15, 0.2) is 0 Å². The standard InChI is InChI=1S/C13H14N4O/c1-3-17-12-11(8(2)16-17)14-9-6-4-5-7-10(9)15-13(12)18/h4-7,14H,3H2,1-2H3,(H,15,18). The van der Waals surface area contributed by atoms with E-state index < -0.39 is 0 Å². The number of anilines is 3. The summed E-state index contributed by atoms with van der Waals surface area (Å²) >= 11 is 0. The van der Waals surface area contributed by atoms with Crippen molar-refractivity contribution in [3.8, 4) is 0 Å². The maximum atomic E-state index is 12.2. The maximum Gasteiger partial charge on any atom is 0.276 e. The number of carbonyl (C=O) groups excluding carboxylic acids is 1. The van der Waals surface area contributed by atoms with E-state index in [0.29, 0.717) is 12.2 Å². The van der Waals surface area contributed by atoms with E-state index in [0.717, 1.165) is 22.8 Å². The highest BCUT2D eigenvalue weighted by molar-refractivity contribution is 6.11. The monoisotopic (exact) mass is 242 g/mol. The number of amides is 1. The summed E-state index contributed by atoms with van der Waals surface area (Å²) < 4.78 is 1.72. The van der Waals surface area contributed by atoms with Gasteiger partial charge in [-0.05, 0) is 26.0 Å². The van der Waals surface area contributed by atoms with Crippen LogP contribution < -0.4 is 10.6 Å². The molecule has 0 saturated heterocycles. The smallest absolute Gasteiger partial charge is 0.276 e. The van der Waals surface area contributed by atoms with E-state index in [-0.39, 0.29) is 5.91 Å². The Balaban J connectivity index is 2.20. The lowest BCUT2D eigenvalue weighted by molar-refractivity contribution is 0.101. The minimum absolute atomic E-state index is 0.120. The minimum atomic E-state index is -0.120. The van der Waals surface area contributed by atoms with Gasteiger partial charge in [-0.1, -0.05) is 12.1 Å². The zero-order chi connectivity index (χ0) is 12.7. The molecule has 1 aliphatic heterocycles. The number of hydrogen-bond donors (Lipinski definition) is 2. The summed E-state index contributed by atoms with van der Waals surface area (Å²) in [5.74, 6) is -0.120. The topological polar surface area (TPSA) is 59.0 Å². The molecule has 5 heteroatoms. The van der Waals surface area contributed by atoms with Crippen LogP contribution in [0.2, 0.25) is 0 Å². The molecule has 0 unspecified atom stereocenters. The first-order chi connectivity index (χ1) is 8.70. The number of carbonyl (C=O) groups is 1. The van der Waals surface area contributed by atoms with Crippen molar-refractivity contribution in [1.29, 1.82) is 0 Å². The van der Waals surface area contributed by atoms with Gasteiger partial charge in [-0.25, -0.2) is 0 Å². The molecule has 0 spiro atoms. The third-order valence-electron chi connectivity index (χ3n) is 3.08. The molecule has 18 heavy (non-hydrogen) atoms. The molecule has 0 fully saturated rings. The van der Waals surface area contributed by atoms with Crippen LogP contribution in [0.15, 0.2) is 24.3 Å². The average molecular weight is 242 g/mol. The Morgan fingerprint density at radius 1 is 1.22 bits per heavy atom. The molecule has 5 nitrogen and oxygen atoms in total. The van der Waals surface area contributed by atoms with E-state index in [4.69, 9.17) is 0 Å². The fourth-order valence-electron chi connectivity index (χ4n) is 2.21. The zero-order valence-corrected chi connectivity index (χ0v) is 10.3. The Bertz CT molecular complexity index is 630. The van der Waals surface area contributed by atoms with Crippen LogP contribution in [0.5, 0.6) is 0 Å². The Hall–Kier alpha value is -2.30. The fourth-order valence-corrected chi connectivity index (χ4v) is 2.21. The molecule has 0 bridgehead atoms. The van der Waals surface area contributed by atoms with Gasteiger partial charge in [-0.3, -0.25) is 9.48 Å². The summed E-state index contributed by atoms with van der Waals surface area (Å²) in [6.45, 7) is 4.54. The van der Waals surface area contributed by atoms with E-state index in [9.17, 15) is 4.79 Å². The van der Waals surface area contributed by atoms with Crippen LogP contribution in [-0.4, -0.2) is 15.7 Å². The third kappa shape index (κ3) is 1.48. The van der Waals surface area contributed by atoms with Crippen molar-refractivity contribution < 1.29 is 4.79 Å². The average Bonchev–Trinajstić information content (AvgIpc) is 2.60. The van der Waals surface area contributed by atoms with Crippen molar-refractivity contribution >= 4 is 23.0 Å².